The van der Waals surface area contributed by atoms with Gasteiger partial charge in [-0.3, -0.25) is 14.9 Å². The molecule has 0 aliphatic heterocycles. The molecule has 0 aliphatic carbocycles. The van der Waals surface area contributed by atoms with Crippen LogP contribution >= 0.6 is 0 Å². The fraction of sp³-hybridized carbons (Fsp3) is 0.0800. The van der Waals surface area contributed by atoms with Crippen molar-refractivity contribution in [2.45, 2.75) is 0 Å². The van der Waals surface area contributed by atoms with E-state index in [1.165, 1.54) is 38.5 Å². The Hall–Kier alpha value is -4.46. The zero-order valence-electron chi connectivity index (χ0n) is 17.9. The van der Waals surface area contributed by atoms with Crippen molar-refractivity contribution >= 4 is 29.8 Å². The summed E-state index contributed by atoms with van der Waals surface area (Å²) >= 11 is 0. The number of ether oxygens (including phenoxy) is 2. The molecule has 7 nitrogen and oxygen atoms in total. The lowest BCUT2D eigenvalue weighted by Gasteiger charge is -2.11. The van der Waals surface area contributed by atoms with Crippen LogP contribution in [0.25, 0.3) is 18.2 Å². The second-order valence-electron chi connectivity index (χ2n) is 6.82. The maximum Gasteiger partial charge on any atom is 0.258 e. The first-order valence-corrected chi connectivity index (χ1v) is 9.83. The summed E-state index contributed by atoms with van der Waals surface area (Å²) in [5, 5.41) is 13.4. The van der Waals surface area contributed by atoms with Gasteiger partial charge in [-0.15, -0.1) is 0 Å². The molecule has 0 fully saturated rings. The lowest BCUT2D eigenvalue weighted by Crippen LogP contribution is -2.13. The van der Waals surface area contributed by atoms with Crippen LogP contribution in [0.5, 0.6) is 11.5 Å². The minimum absolute atomic E-state index is 0.0382. The smallest absolute Gasteiger partial charge is 0.258 e. The SMILES string of the molecule is COc1cc(/C=C/c2ccc(NC(=O)c3ccccc3F)cc2)c(/C=C/[N+](=O)[O-])c(OC)c1. The Bertz CT molecular complexity index is 1220. The molecule has 8 heteroatoms. The first kappa shape index (κ1) is 23.2. The van der Waals surface area contributed by atoms with Crippen LogP contribution < -0.4 is 14.8 Å². The van der Waals surface area contributed by atoms with Crippen LogP contribution in [0.3, 0.4) is 0 Å². The number of halogens is 1. The molecule has 3 rings (SSSR count). The molecule has 168 valence electrons. The largest absolute Gasteiger partial charge is 0.497 e. The number of nitrogens with zero attached hydrogens (tertiary/aromatic N) is 1. The summed E-state index contributed by atoms with van der Waals surface area (Å²) in [6.45, 7) is 0. The molecule has 33 heavy (non-hydrogen) atoms. The number of methoxy groups -OCH3 is 2. The Morgan fingerprint density at radius 2 is 1.73 bits per heavy atom. The number of rotatable bonds is 8. The van der Waals surface area contributed by atoms with Crippen LogP contribution in [-0.2, 0) is 0 Å². The number of amides is 1. The first-order valence-electron chi connectivity index (χ1n) is 9.83. The normalized spacial score (nSPS) is 11.0. The topological polar surface area (TPSA) is 90.7 Å². The fourth-order valence-electron chi connectivity index (χ4n) is 3.07. The summed E-state index contributed by atoms with van der Waals surface area (Å²) in [4.78, 5) is 22.5. The van der Waals surface area contributed by atoms with E-state index in [0.29, 0.717) is 28.3 Å². The van der Waals surface area contributed by atoms with E-state index in [1.807, 2.05) is 0 Å². The van der Waals surface area contributed by atoms with E-state index < -0.39 is 16.6 Å². The van der Waals surface area contributed by atoms with Crippen LogP contribution in [-0.4, -0.2) is 25.1 Å². The highest BCUT2D eigenvalue weighted by Gasteiger charge is 2.11. The van der Waals surface area contributed by atoms with Gasteiger partial charge in [0.05, 0.1) is 24.7 Å². The summed E-state index contributed by atoms with van der Waals surface area (Å²) in [6.07, 6.45) is 5.78. The van der Waals surface area contributed by atoms with Gasteiger partial charge in [0.25, 0.3) is 5.91 Å². The number of hydrogen-bond acceptors (Lipinski definition) is 5. The summed E-state index contributed by atoms with van der Waals surface area (Å²) in [5.74, 6) is -0.165. The fourth-order valence-corrected chi connectivity index (χ4v) is 3.07. The number of nitrogens with one attached hydrogen (secondary N) is 1. The molecule has 0 aromatic heterocycles. The highest BCUT2D eigenvalue weighted by molar-refractivity contribution is 6.04. The molecule has 0 unspecified atom stereocenters. The number of carbonyl (C=O) groups is 1. The van der Waals surface area contributed by atoms with E-state index in [4.69, 9.17) is 9.47 Å². The van der Waals surface area contributed by atoms with Crippen LogP contribution in [0.15, 0.2) is 66.9 Å². The van der Waals surface area contributed by atoms with Crippen LogP contribution in [0.4, 0.5) is 10.1 Å². The molecule has 0 saturated heterocycles. The molecule has 0 aliphatic rings. The third-order valence-electron chi connectivity index (χ3n) is 4.71. The third kappa shape index (κ3) is 6.04. The number of benzene rings is 3. The molecular weight excluding hydrogens is 427 g/mol. The van der Waals surface area contributed by atoms with E-state index in [1.54, 1.807) is 54.6 Å². The maximum atomic E-state index is 13.8. The second kappa shape index (κ2) is 10.7. The summed E-state index contributed by atoms with van der Waals surface area (Å²) in [5.41, 5.74) is 2.47. The molecule has 1 N–H and O–H groups in total. The van der Waals surface area contributed by atoms with Crippen LogP contribution in [0, 0.1) is 15.9 Å². The van der Waals surface area contributed by atoms with E-state index >= 15 is 0 Å². The van der Waals surface area contributed by atoms with Gasteiger partial charge in [0, 0.05) is 23.4 Å². The number of carbonyl (C=O) groups excluding carboxylic acids is 1. The molecule has 3 aromatic carbocycles. The highest BCUT2D eigenvalue weighted by Crippen LogP contribution is 2.31. The van der Waals surface area contributed by atoms with Crippen molar-refractivity contribution in [3.63, 3.8) is 0 Å². The highest BCUT2D eigenvalue weighted by atomic mass is 19.1. The summed E-state index contributed by atoms with van der Waals surface area (Å²) in [7, 11) is 2.99. The van der Waals surface area contributed by atoms with E-state index in [0.717, 1.165) is 11.8 Å². The van der Waals surface area contributed by atoms with Crippen molar-refractivity contribution in [1.29, 1.82) is 0 Å². The molecule has 0 bridgehead atoms. The molecule has 0 saturated carbocycles. The van der Waals surface area contributed by atoms with Gasteiger partial charge in [-0.2, -0.15) is 0 Å². The molecule has 3 aromatic rings. The second-order valence-corrected chi connectivity index (χ2v) is 6.82. The average molecular weight is 448 g/mol. The lowest BCUT2D eigenvalue weighted by atomic mass is 10.0. The maximum absolute atomic E-state index is 13.8. The molecule has 0 radical (unpaired) electrons. The molecule has 0 heterocycles. The molecule has 1 amide bonds. The quantitative estimate of drug-likeness (QED) is 0.279. The van der Waals surface area contributed by atoms with Crippen molar-refractivity contribution in [1.82, 2.24) is 0 Å². The number of anilines is 1. The van der Waals surface area contributed by atoms with Gasteiger partial charge in [0.2, 0.25) is 6.20 Å². The van der Waals surface area contributed by atoms with Gasteiger partial charge in [-0.05, 0) is 41.5 Å². The monoisotopic (exact) mass is 448 g/mol. The van der Waals surface area contributed by atoms with Crippen LogP contribution in [0.1, 0.15) is 27.0 Å². The van der Waals surface area contributed by atoms with Gasteiger partial charge in [-0.25, -0.2) is 4.39 Å². The number of nitro groups is 1. The van der Waals surface area contributed by atoms with Gasteiger partial charge in [0.15, 0.2) is 0 Å². The van der Waals surface area contributed by atoms with Crippen molar-refractivity contribution < 1.29 is 23.6 Å². The summed E-state index contributed by atoms with van der Waals surface area (Å²) in [6, 6.07) is 16.1. The van der Waals surface area contributed by atoms with Gasteiger partial charge >= 0.3 is 0 Å². The molecular formula is C25H21FN2O5. The predicted molar refractivity (Wildman–Crippen MR) is 125 cm³/mol. The minimum Gasteiger partial charge on any atom is -0.497 e. The zero-order chi connectivity index (χ0) is 23.8. The Morgan fingerprint density at radius 3 is 2.36 bits per heavy atom. The predicted octanol–water partition coefficient (Wildman–Crippen LogP) is 5.51. The van der Waals surface area contributed by atoms with Crippen molar-refractivity contribution in [3.8, 4) is 11.5 Å². The van der Waals surface area contributed by atoms with Gasteiger partial charge < -0.3 is 14.8 Å². The Labute approximate surface area is 189 Å². The van der Waals surface area contributed by atoms with E-state index in [-0.39, 0.29) is 5.56 Å². The first-order chi connectivity index (χ1) is 15.9. The average Bonchev–Trinajstić information content (AvgIpc) is 2.82. The van der Waals surface area contributed by atoms with Crippen molar-refractivity contribution in [2.24, 2.45) is 0 Å². The van der Waals surface area contributed by atoms with Gasteiger partial charge in [0.1, 0.15) is 17.3 Å². The number of hydrogen-bond donors (Lipinski definition) is 1. The van der Waals surface area contributed by atoms with Crippen molar-refractivity contribution in [2.75, 3.05) is 19.5 Å². The zero-order valence-corrected chi connectivity index (χ0v) is 17.9. The lowest BCUT2D eigenvalue weighted by molar-refractivity contribution is -0.400. The summed E-state index contributed by atoms with van der Waals surface area (Å²) < 4.78 is 24.4. The van der Waals surface area contributed by atoms with E-state index in [9.17, 15) is 19.3 Å². The van der Waals surface area contributed by atoms with Crippen molar-refractivity contribution in [3.05, 3.63) is 105 Å². The third-order valence-corrected chi connectivity index (χ3v) is 4.71. The molecule has 0 atom stereocenters. The Balaban J connectivity index is 1.83. The van der Waals surface area contributed by atoms with Crippen LogP contribution in [0.2, 0.25) is 0 Å². The Kier molecular flexibility index (Phi) is 7.54. The Morgan fingerprint density at radius 1 is 1.00 bits per heavy atom. The van der Waals surface area contributed by atoms with Gasteiger partial charge in [-0.1, -0.05) is 36.4 Å². The standard InChI is InChI=1S/C25H21FN2O5/c1-32-20-15-18(21(13-14-28(30)31)24(16-20)33-2)10-7-17-8-11-19(12-9-17)27-25(29)22-5-3-4-6-23(22)26/h3-16H,1-2H3,(H,27,29)/b10-7+,14-13+. The minimum atomic E-state index is -0.592. The van der Waals surface area contributed by atoms with E-state index in [2.05, 4.69) is 5.32 Å². The molecule has 0 spiro atoms.